The molecule has 0 aromatic heterocycles. The second kappa shape index (κ2) is 9.64. The van der Waals surface area contributed by atoms with Gasteiger partial charge in [-0.2, -0.15) is 0 Å². The van der Waals surface area contributed by atoms with Gasteiger partial charge in [0.05, 0.1) is 30.0 Å². The molecule has 1 aliphatic rings. The van der Waals surface area contributed by atoms with Gasteiger partial charge in [-0.25, -0.2) is 0 Å². The van der Waals surface area contributed by atoms with Crippen LogP contribution in [-0.4, -0.2) is 36.4 Å². The van der Waals surface area contributed by atoms with Gasteiger partial charge in [0.25, 0.3) is 11.8 Å². The Kier molecular flexibility index (Phi) is 6.70. The average molecular weight is 500 g/mol. The highest BCUT2D eigenvalue weighted by atomic mass is 79.9. The molecule has 2 amide bonds. The summed E-state index contributed by atoms with van der Waals surface area (Å²) in [6, 6.07) is 21.7. The summed E-state index contributed by atoms with van der Waals surface area (Å²) in [6.07, 6.45) is -0.225. The first-order valence-electron chi connectivity index (χ1n) is 9.84. The molecular formula is C24H20BrClN2O3. The first kappa shape index (κ1) is 21.6. The Labute approximate surface area is 194 Å². The quantitative estimate of drug-likeness (QED) is 0.511. The van der Waals surface area contributed by atoms with Gasteiger partial charge in [0.2, 0.25) is 0 Å². The van der Waals surface area contributed by atoms with E-state index < -0.39 is 0 Å². The number of nitrogens with one attached hydrogen (secondary N) is 1. The third-order valence-corrected chi connectivity index (χ3v) is 6.06. The molecule has 1 saturated heterocycles. The van der Waals surface area contributed by atoms with Crippen LogP contribution in [0.5, 0.6) is 0 Å². The van der Waals surface area contributed by atoms with Gasteiger partial charge < -0.3 is 15.0 Å². The molecule has 1 heterocycles. The Balaban J connectivity index is 1.53. The van der Waals surface area contributed by atoms with Gasteiger partial charge in [0.1, 0.15) is 6.10 Å². The fourth-order valence-electron chi connectivity index (χ4n) is 3.50. The molecule has 1 fully saturated rings. The molecule has 0 saturated carbocycles. The molecule has 1 unspecified atom stereocenters. The lowest BCUT2D eigenvalue weighted by atomic mass is 10.1. The van der Waals surface area contributed by atoms with Crippen molar-refractivity contribution < 1.29 is 14.3 Å². The summed E-state index contributed by atoms with van der Waals surface area (Å²) >= 11 is 9.38. The molecule has 1 aliphatic heterocycles. The van der Waals surface area contributed by atoms with E-state index in [2.05, 4.69) is 21.2 Å². The number of anilines is 1. The monoisotopic (exact) mass is 498 g/mol. The van der Waals surface area contributed by atoms with Crippen LogP contribution in [0.25, 0.3) is 0 Å². The van der Waals surface area contributed by atoms with Crippen molar-refractivity contribution in [1.29, 1.82) is 0 Å². The van der Waals surface area contributed by atoms with Gasteiger partial charge >= 0.3 is 0 Å². The topological polar surface area (TPSA) is 58.6 Å². The second-order valence-electron chi connectivity index (χ2n) is 7.14. The number of amides is 2. The van der Waals surface area contributed by atoms with Crippen molar-refractivity contribution in [3.8, 4) is 0 Å². The van der Waals surface area contributed by atoms with Crippen LogP contribution in [-0.2, 0) is 4.74 Å². The minimum Gasteiger partial charge on any atom is -0.370 e. The Hall–Kier alpha value is -2.67. The minimum atomic E-state index is -0.284. The number of halogens is 2. The zero-order valence-corrected chi connectivity index (χ0v) is 18.9. The molecule has 3 aromatic rings. The van der Waals surface area contributed by atoms with E-state index in [0.29, 0.717) is 46.0 Å². The summed E-state index contributed by atoms with van der Waals surface area (Å²) < 4.78 is 6.56. The summed E-state index contributed by atoms with van der Waals surface area (Å²) in [5, 5.41) is 3.53. The highest BCUT2D eigenvalue weighted by Gasteiger charge is 2.27. The molecule has 7 heteroatoms. The molecule has 4 rings (SSSR count). The number of hydrogen-bond donors (Lipinski definition) is 1. The standard InChI is InChI=1S/C24H20BrClN2O3/c25-20-7-3-1-5-18(20)23(29)27-21-8-4-2-6-19(21)24(30)28-13-14-31-22(15-28)16-9-11-17(26)12-10-16/h1-12,22H,13-15H2,(H,27,29). The number of benzene rings is 3. The van der Waals surface area contributed by atoms with Crippen molar-refractivity contribution >= 4 is 45.0 Å². The zero-order valence-electron chi connectivity index (χ0n) is 16.6. The van der Waals surface area contributed by atoms with Crippen LogP contribution in [0.15, 0.2) is 77.3 Å². The third kappa shape index (κ3) is 4.98. The van der Waals surface area contributed by atoms with E-state index in [0.717, 1.165) is 5.56 Å². The lowest BCUT2D eigenvalue weighted by Crippen LogP contribution is -2.42. The van der Waals surface area contributed by atoms with Gasteiger partial charge in [0.15, 0.2) is 0 Å². The van der Waals surface area contributed by atoms with Crippen molar-refractivity contribution in [1.82, 2.24) is 4.90 Å². The van der Waals surface area contributed by atoms with Crippen LogP contribution in [0.3, 0.4) is 0 Å². The van der Waals surface area contributed by atoms with Gasteiger partial charge in [-0.05, 0) is 57.9 Å². The van der Waals surface area contributed by atoms with Crippen LogP contribution in [0.2, 0.25) is 5.02 Å². The first-order valence-corrected chi connectivity index (χ1v) is 11.0. The number of carbonyl (C=O) groups excluding carboxylic acids is 2. The van der Waals surface area contributed by atoms with E-state index in [1.807, 2.05) is 30.3 Å². The Morgan fingerprint density at radius 2 is 1.65 bits per heavy atom. The molecule has 31 heavy (non-hydrogen) atoms. The maximum absolute atomic E-state index is 13.3. The number of ether oxygens (including phenoxy) is 1. The number of morpholine rings is 1. The van der Waals surface area contributed by atoms with Crippen molar-refractivity contribution in [2.24, 2.45) is 0 Å². The molecule has 1 atom stereocenters. The molecular weight excluding hydrogens is 480 g/mol. The molecule has 0 bridgehead atoms. The third-order valence-electron chi connectivity index (χ3n) is 5.12. The molecule has 3 aromatic carbocycles. The van der Waals surface area contributed by atoms with Crippen LogP contribution in [0.4, 0.5) is 5.69 Å². The molecule has 0 aliphatic carbocycles. The van der Waals surface area contributed by atoms with Crippen molar-refractivity contribution in [2.75, 3.05) is 25.0 Å². The summed E-state index contributed by atoms with van der Waals surface area (Å²) in [5.41, 5.74) is 2.39. The van der Waals surface area contributed by atoms with Gasteiger partial charge in [-0.15, -0.1) is 0 Å². The average Bonchev–Trinajstić information content (AvgIpc) is 2.80. The van der Waals surface area contributed by atoms with Gasteiger partial charge in [0, 0.05) is 16.0 Å². The van der Waals surface area contributed by atoms with Crippen LogP contribution in [0, 0.1) is 0 Å². The van der Waals surface area contributed by atoms with E-state index in [4.69, 9.17) is 16.3 Å². The van der Waals surface area contributed by atoms with E-state index in [1.165, 1.54) is 0 Å². The highest BCUT2D eigenvalue weighted by molar-refractivity contribution is 9.10. The molecule has 0 radical (unpaired) electrons. The maximum Gasteiger partial charge on any atom is 0.256 e. The maximum atomic E-state index is 13.3. The largest absolute Gasteiger partial charge is 0.370 e. The summed E-state index contributed by atoms with van der Waals surface area (Å²) in [6.45, 7) is 1.34. The predicted octanol–water partition coefficient (Wildman–Crippen LogP) is 5.57. The molecule has 0 spiro atoms. The Morgan fingerprint density at radius 1 is 0.968 bits per heavy atom. The Morgan fingerprint density at radius 3 is 2.39 bits per heavy atom. The van der Waals surface area contributed by atoms with Crippen LogP contribution in [0.1, 0.15) is 32.4 Å². The van der Waals surface area contributed by atoms with Crippen molar-refractivity contribution in [3.63, 3.8) is 0 Å². The fourth-order valence-corrected chi connectivity index (χ4v) is 4.09. The van der Waals surface area contributed by atoms with E-state index in [1.54, 1.807) is 47.4 Å². The van der Waals surface area contributed by atoms with E-state index in [9.17, 15) is 9.59 Å². The van der Waals surface area contributed by atoms with Gasteiger partial charge in [-0.1, -0.05) is 48.0 Å². The van der Waals surface area contributed by atoms with Gasteiger partial charge in [-0.3, -0.25) is 9.59 Å². The normalized spacial score (nSPS) is 16.1. The van der Waals surface area contributed by atoms with E-state index >= 15 is 0 Å². The predicted molar refractivity (Wildman–Crippen MR) is 125 cm³/mol. The van der Waals surface area contributed by atoms with Crippen LogP contribution >= 0.6 is 27.5 Å². The number of hydrogen-bond acceptors (Lipinski definition) is 3. The number of para-hydroxylation sites is 1. The lowest BCUT2D eigenvalue weighted by Gasteiger charge is -2.33. The molecule has 1 N–H and O–H groups in total. The van der Waals surface area contributed by atoms with Crippen molar-refractivity contribution in [2.45, 2.75) is 6.10 Å². The highest BCUT2D eigenvalue weighted by Crippen LogP contribution is 2.27. The SMILES string of the molecule is O=C(Nc1ccccc1C(=O)N1CCOC(c2ccc(Cl)cc2)C1)c1ccccc1Br. The number of nitrogens with zero attached hydrogens (tertiary/aromatic N) is 1. The first-order chi connectivity index (χ1) is 15.0. The number of carbonyl (C=O) groups is 2. The smallest absolute Gasteiger partial charge is 0.256 e. The Bertz CT molecular complexity index is 1100. The lowest BCUT2D eigenvalue weighted by molar-refractivity contribution is -0.0227. The minimum absolute atomic E-state index is 0.148. The van der Waals surface area contributed by atoms with Crippen LogP contribution < -0.4 is 5.32 Å². The van der Waals surface area contributed by atoms with Crippen molar-refractivity contribution in [3.05, 3.63) is 99.0 Å². The number of rotatable bonds is 4. The molecule has 5 nitrogen and oxygen atoms in total. The second-order valence-corrected chi connectivity index (χ2v) is 8.43. The summed E-state index contributed by atoms with van der Waals surface area (Å²) in [4.78, 5) is 27.8. The van der Waals surface area contributed by atoms with E-state index in [-0.39, 0.29) is 17.9 Å². The fraction of sp³-hybridized carbons (Fsp3) is 0.167. The summed E-state index contributed by atoms with van der Waals surface area (Å²) in [7, 11) is 0. The zero-order chi connectivity index (χ0) is 21.8. The summed E-state index contributed by atoms with van der Waals surface area (Å²) in [5.74, 6) is -0.431. The molecule has 158 valence electrons.